The first-order valence-corrected chi connectivity index (χ1v) is 9.39. The molecule has 0 N–H and O–H groups in total. The molecule has 0 fully saturated rings. The summed E-state index contributed by atoms with van der Waals surface area (Å²) < 4.78 is 2.84. The highest BCUT2D eigenvalue weighted by atomic mass is 16.1. The molecule has 0 aliphatic rings. The Morgan fingerprint density at radius 1 is 0.607 bits per heavy atom. The van der Waals surface area contributed by atoms with Crippen molar-refractivity contribution in [3.8, 4) is 0 Å². The fourth-order valence-electron chi connectivity index (χ4n) is 3.22. The molecule has 2 aromatic carbocycles. The van der Waals surface area contributed by atoms with Crippen LogP contribution in [0.5, 0.6) is 0 Å². The van der Waals surface area contributed by atoms with Gasteiger partial charge in [0.05, 0.1) is 10.8 Å². The zero-order chi connectivity index (χ0) is 19.3. The van der Waals surface area contributed by atoms with Gasteiger partial charge in [0.25, 0.3) is 11.1 Å². The van der Waals surface area contributed by atoms with Crippen molar-refractivity contribution in [2.24, 2.45) is 0 Å². The first-order chi connectivity index (χ1) is 13.7. The van der Waals surface area contributed by atoms with Crippen LogP contribution >= 0.6 is 0 Å². The van der Waals surface area contributed by atoms with Crippen LogP contribution in [0.3, 0.4) is 0 Å². The summed E-state index contributed by atoms with van der Waals surface area (Å²) in [5, 5.41) is 17.4. The van der Waals surface area contributed by atoms with Crippen LogP contribution in [0.2, 0.25) is 0 Å². The number of aryl methyl sites for hydroxylation is 2. The van der Waals surface area contributed by atoms with Crippen LogP contribution in [-0.4, -0.2) is 30.0 Å². The molecule has 0 aliphatic carbocycles. The molecule has 4 rings (SSSR count). The monoisotopic (exact) mass is 376 g/mol. The lowest BCUT2D eigenvalue weighted by atomic mass is 10.2. The standard InChI is InChI=1S/C20H20N6O2/c27-19-15-9-3-5-11-17(15)21-23-25(19)13-7-1-2-8-14-26-20(28)16-10-4-6-12-18(16)22-24-26/h3-6,9-12H,1-2,7-8,13-14H2. The molecule has 2 heterocycles. The fourth-order valence-corrected chi connectivity index (χ4v) is 3.22. The first-order valence-electron chi connectivity index (χ1n) is 9.39. The van der Waals surface area contributed by atoms with Gasteiger partial charge in [-0.2, -0.15) is 0 Å². The summed E-state index contributed by atoms with van der Waals surface area (Å²) in [6.07, 6.45) is 3.50. The Morgan fingerprint density at radius 2 is 1.04 bits per heavy atom. The first kappa shape index (κ1) is 18.0. The van der Waals surface area contributed by atoms with E-state index in [1.807, 2.05) is 24.3 Å². The number of nitrogens with zero attached hydrogens (tertiary/aromatic N) is 6. The van der Waals surface area contributed by atoms with E-state index in [1.165, 1.54) is 9.36 Å². The number of fused-ring (bicyclic) bond motifs is 2. The molecule has 0 bridgehead atoms. The van der Waals surface area contributed by atoms with Gasteiger partial charge in [0.15, 0.2) is 0 Å². The van der Waals surface area contributed by atoms with Crippen LogP contribution in [0.1, 0.15) is 25.7 Å². The lowest BCUT2D eigenvalue weighted by Gasteiger charge is -2.06. The Kier molecular flexibility index (Phi) is 5.18. The lowest BCUT2D eigenvalue weighted by molar-refractivity contribution is 0.468. The number of hydrogen-bond donors (Lipinski definition) is 0. The molecule has 4 aromatic rings. The summed E-state index contributed by atoms with van der Waals surface area (Å²) in [5.41, 5.74) is 1.02. The summed E-state index contributed by atoms with van der Waals surface area (Å²) in [4.78, 5) is 24.8. The normalized spacial score (nSPS) is 11.3. The molecule has 8 nitrogen and oxygen atoms in total. The third-order valence-corrected chi connectivity index (χ3v) is 4.75. The minimum Gasteiger partial charge on any atom is -0.267 e. The lowest BCUT2D eigenvalue weighted by Crippen LogP contribution is -2.24. The highest BCUT2D eigenvalue weighted by Crippen LogP contribution is 2.07. The van der Waals surface area contributed by atoms with E-state index in [0.29, 0.717) is 34.9 Å². The van der Waals surface area contributed by atoms with Gasteiger partial charge < -0.3 is 0 Å². The number of aromatic nitrogens is 6. The third kappa shape index (κ3) is 3.66. The van der Waals surface area contributed by atoms with Crippen molar-refractivity contribution < 1.29 is 0 Å². The third-order valence-electron chi connectivity index (χ3n) is 4.75. The van der Waals surface area contributed by atoms with E-state index in [-0.39, 0.29) is 11.1 Å². The second-order valence-electron chi connectivity index (χ2n) is 6.68. The Morgan fingerprint density at radius 3 is 1.50 bits per heavy atom. The van der Waals surface area contributed by atoms with Gasteiger partial charge in [-0.1, -0.05) is 47.5 Å². The van der Waals surface area contributed by atoms with E-state index in [2.05, 4.69) is 20.6 Å². The zero-order valence-electron chi connectivity index (χ0n) is 15.4. The highest BCUT2D eigenvalue weighted by molar-refractivity contribution is 5.77. The van der Waals surface area contributed by atoms with Gasteiger partial charge in [-0.15, -0.1) is 10.2 Å². The Bertz CT molecular complexity index is 1130. The SMILES string of the molecule is O=c1c2ccccc2nnn1CCCCCCn1nnc2ccccc2c1=O. The molecule has 0 radical (unpaired) electrons. The molecule has 8 heteroatoms. The molecule has 0 amide bonds. The van der Waals surface area contributed by atoms with Crippen molar-refractivity contribution in [2.75, 3.05) is 0 Å². The van der Waals surface area contributed by atoms with Crippen LogP contribution < -0.4 is 11.1 Å². The highest BCUT2D eigenvalue weighted by Gasteiger charge is 2.06. The van der Waals surface area contributed by atoms with Crippen LogP contribution in [0.25, 0.3) is 21.8 Å². The molecule has 0 unspecified atom stereocenters. The fraction of sp³-hybridized carbons (Fsp3) is 0.300. The van der Waals surface area contributed by atoms with E-state index in [9.17, 15) is 9.59 Å². The maximum atomic E-state index is 12.4. The van der Waals surface area contributed by atoms with E-state index in [1.54, 1.807) is 24.3 Å². The van der Waals surface area contributed by atoms with Gasteiger partial charge in [-0.05, 0) is 37.1 Å². The zero-order valence-corrected chi connectivity index (χ0v) is 15.4. The number of unbranched alkanes of at least 4 members (excludes halogenated alkanes) is 3. The predicted molar refractivity (Wildman–Crippen MR) is 106 cm³/mol. The van der Waals surface area contributed by atoms with Crippen LogP contribution in [-0.2, 0) is 13.1 Å². The topological polar surface area (TPSA) is 95.6 Å². The van der Waals surface area contributed by atoms with Crippen molar-refractivity contribution in [3.05, 3.63) is 69.2 Å². The molecule has 28 heavy (non-hydrogen) atoms. The molecule has 142 valence electrons. The van der Waals surface area contributed by atoms with Gasteiger partial charge >= 0.3 is 0 Å². The summed E-state index contributed by atoms with van der Waals surface area (Å²) in [7, 11) is 0. The number of rotatable bonds is 7. The molecular weight excluding hydrogens is 356 g/mol. The van der Waals surface area contributed by atoms with Gasteiger partial charge in [-0.25, -0.2) is 9.36 Å². The quantitative estimate of drug-likeness (QED) is 0.459. The predicted octanol–water partition coefficient (Wildman–Crippen LogP) is 2.16. The average molecular weight is 376 g/mol. The van der Waals surface area contributed by atoms with Crippen LogP contribution in [0, 0.1) is 0 Å². The largest absolute Gasteiger partial charge is 0.277 e. The van der Waals surface area contributed by atoms with Crippen molar-refractivity contribution in [1.82, 2.24) is 30.0 Å². The molecule has 0 spiro atoms. The molecule has 0 saturated heterocycles. The molecule has 0 aliphatic heterocycles. The Hall–Kier alpha value is -3.42. The van der Waals surface area contributed by atoms with Crippen LogP contribution in [0.15, 0.2) is 58.1 Å². The molecule has 0 saturated carbocycles. The Balaban J connectivity index is 1.29. The molecular formula is C20H20N6O2. The van der Waals surface area contributed by atoms with Gasteiger partial charge in [0, 0.05) is 13.1 Å². The second-order valence-corrected chi connectivity index (χ2v) is 6.68. The van der Waals surface area contributed by atoms with E-state index in [0.717, 1.165) is 25.7 Å². The van der Waals surface area contributed by atoms with Crippen molar-refractivity contribution in [2.45, 2.75) is 38.8 Å². The van der Waals surface area contributed by atoms with Crippen molar-refractivity contribution in [3.63, 3.8) is 0 Å². The smallest absolute Gasteiger partial charge is 0.267 e. The van der Waals surface area contributed by atoms with E-state index in [4.69, 9.17) is 0 Å². The summed E-state index contributed by atoms with van der Waals surface area (Å²) in [6.45, 7) is 1.07. The summed E-state index contributed by atoms with van der Waals surface area (Å²) in [6, 6.07) is 14.4. The summed E-state index contributed by atoms with van der Waals surface area (Å²) >= 11 is 0. The van der Waals surface area contributed by atoms with Crippen molar-refractivity contribution in [1.29, 1.82) is 0 Å². The molecule has 2 aromatic heterocycles. The minimum absolute atomic E-state index is 0.108. The van der Waals surface area contributed by atoms with Gasteiger partial charge in [0.1, 0.15) is 11.0 Å². The maximum Gasteiger partial charge on any atom is 0.277 e. The van der Waals surface area contributed by atoms with Gasteiger partial charge in [-0.3, -0.25) is 9.59 Å². The maximum absolute atomic E-state index is 12.4. The number of hydrogen-bond acceptors (Lipinski definition) is 6. The number of benzene rings is 2. The molecule has 0 atom stereocenters. The van der Waals surface area contributed by atoms with E-state index < -0.39 is 0 Å². The second kappa shape index (κ2) is 8.08. The minimum atomic E-state index is -0.108. The van der Waals surface area contributed by atoms with Crippen molar-refractivity contribution >= 4 is 21.8 Å². The Labute approximate surface area is 160 Å². The summed E-state index contributed by atoms with van der Waals surface area (Å²) in [5.74, 6) is 0. The van der Waals surface area contributed by atoms with E-state index >= 15 is 0 Å². The average Bonchev–Trinajstić information content (AvgIpc) is 2.74. The van der Waals surface area contributed by atoms with Crippen LogP contribution in [0.4, 0.5) is 0 Å². The van der Waals surface area contributed by atoms with Gasteiger partial charge in [0.2, 0.25) is 0 Å².